The number of carbonyl (C=O) groups is 2. The fourth-order valence-corrected chi connectivity index (χ4v) is 3.17. The maximum Gasteiger partial charge on any atom is 0.340 e. The molecule has 25 heavy (non-hydrogen) atoms. The first kappa shape index (κ1) is 19.1. The van der Waals surface area contributed by atoms with Gasteiger partial charge in [0.05, 0.1) is 5.56 Å². The van der Waals surface area contributed by atoms with Gasteiger partial charge in [0.2, 0.25) is 0 Å². The lowest BCUT2D eigenvalue weighted by atomic mass is 10.2. The quantitative estimate of drug-likeness (QED) is 0.799. The van der Waals surface area contributed by atoms with E-state index < -0.39 is 11.9 Å². The number of nitrogens with zero attached hydrogens (tertiary/aromatic N) is 1. The van der Waals surface area contributed by atoms with Crippen molar-refractivity contribution in [2.75, 3.05) is 11.9 Å². The minimum Gasteiger partial charge on any atom is -0.452 e. The van der Waals surface area contributed by atoms with Crippen molar-refractivity contribution in [3.63, 3.8) is 0 Å². The van der Waals surface area contributed by atoms with Crippen molar-refractivity contribution < 1.29 is 14.3 Å². The lowest BCUT2D eigenvalue weighted by Crippen LogP contribution is -2.21. The monoisotopic (exact) mass is 362 g/mol. The number of anilines is 1. The van der Waals surface area contributed by atoms with E-state index in [0.717, 1.165) is 17.0 Å². The van der Waals surface area contributed by atoms with Crippen LogP contribution in [0.1, 0.15) is 47.2 Å². The van der Waals surface area contributed by atoms with Gasteiger partial charge in [-0.1, -0.05) is 11.6 Å². The van der Waals surface area contributed by atoms with Gasteiger partial charge in [-0.15, -0.1) is 0 Å². The summed E-state index contributed by atoms with van der Waals surface area (Å²) in [7, 11) is 0. The molecule has 2 aromatic rings. The van der Waals surface area contributed by atoms with Crippen LogP contribution < -0.4 is 5.32 Å². The Bertz CT molecular complexity index is 809. The van der Waals surface area contributed by atoms with Crippen LogP contribution in [0.15, 0.2) is 24.3 Å². The summed E-state index contributed by atoms with van der Waals surface area (Å²) in [4.78, 5) is 24.3. The number of aromatic nitrogens is 1. The third kappa shape index (κ3) is 4.42. The molecule has 0 bridgehead atoms. The lowest BCUT2D eigenvalue weighted by Gasteiger charge is -2.13. The van der Waals surface area contributed by atoms with Gasteiger partial charge >= 0.3 is 5.97 Å². The van der Waals surface area contributed by atoms with Gasteiger partial charge in [-0.3, -0.25) is 4.79 Å². The van der Waals surface area contributed by atoms with Gasteiger partial charge in [0.1, 0.15) is 0 Å². The van der Waals surface area contributed by atoms with Crippen LogP contribution in [-0.4, -0.2) is 23.1 Å². The average Bonchev–Trinajstić information content (AvgIpc) is 2.82. The first-order valence-electron chi connectivity index (χ1n) is 8.12. The molecule has 0 aliphatic carbocycles. The molecule has 0 aliphatic rings. The fourth-order valence-electron chi connectivity index (χ4n) is 2.94. The van der Waals surface area contributed by atoms with Gasteiger partial charge in [-0.2, -0.15) is 0 Å². The summed E-state index contributed by atoms with van der Waals surface area (Å²) < 4.78 is 7.23. The summed E-state index contributed by atoms with van der Waals surface area (Å²) >= 11 is 5.89. The third-order valence-corrected chi connectivity index (χ3v) is 4.25. The highest BCUT2D eigenvalue weighted by atomic mass is 35.5. The molecular weight excluding hydrogens is 340 g/mol. The number of hydrogen-bond donors (Lipinski definition) is 1. The molecule has 2 rings (SSSR count). The maximum atomic E-state index is 12.3. The standard InChI is InChI=1S/C19H23ClN2O3/c1-11(2)22-13(4)9-16(14(22)5)19(24)25-10-18(23)21-17-7-6-15(20)8-12(17)3/h6-9,11H,10H2,1-5H3,(H,21,23). The molecule has 0 aliphatic heterocycles. The molecule has 6 heteroatoms. The fraction of sp³-hybridized carbons (Fsp3) is 0.368. The highest BCUT2D eigenvalue weighted by Gasteiger charge is 2.19. The topological polar surface area (TPSA) is 60.3 Å². The maximum absolute atomic E-state index is 12.3. The zero-order chi connectivity index (χ0) is 18.7. The van der Waals surface area contributed by atoms with Crippen molar-refractivity contribution in [3.8, 4) is 0 Å². The number of carbonyl (C=O) groups excluding carboxylic acids is 2. The van der Waals surface area contributed by atoms with E-state index in [-0.39, 0.29) is 12.6 Å². The summed E-state index contributed by atoms with van der Waals surface area (Å²) in [6.07, 6.45) is 0. The molecule has 0 radical (unpaired) electrons. The first-order chi connectivity index (χ1) is 11.7. The van der Waals surface area contributed by atoms with Crippen molar-refractivity contribution in [1.29, 1.82) is 0 Å². The molecular formula is C19H23ClN2O3. The predicted molar refractivity (Wildman–Crippen MR) is 99.4 cm³/mol. The molecule has 1 N–H and O–H groups in total. The van der Waals surface area contributed by atoms with Crippen LogP contribution >= 0.6 is 11.6 Å². The van der Waals surface area contributed by atoms with Gasteiger partial charge in [-0.05, 0) is 64.4 Å². The number of esters is 1. The first-order valence-corrected chi connectivity index (χ1v) is 8.50. The van der Waals surface area contributed by atoms with Crippen molar-refractivity contribution >= 4 is 29.2 Å². The molecule has 0 saturated carbocycles. The van der Waals surface area contributed by atoms with E-state index in [1.54, 1.807) is 24.3 Å². The Morgan fingerprint density at radius 3 is 2.44 bits per heavy atom. The Labute approximate surface area is 152 Å². The number of nitrogens with one attached hydrogen (secondary N) is 1. The Kier molecular flexibility index (Phi) is 5.90. The summed E-state index contributed by atoms with van der Waals surface area (Å²) in [5.41, 5.74) is 3.80. The van der Waals surface area contributed by atoms with Gasteiger partial charge < -0.3 is 14.6 Å². The van der Waals surface area contributed by atoms with Crippen LogP contribution in [0.3, 0.4) is 0 Å². The second kappa shape index (κ2) is 7.74. The van der Waals surface area contributed by atoms with Crippen molar-refractivity contribution in [3.05, 3.63) is 51.8 Å². The number of ether oxygens (including phenoxy) is 1. The van der Waals surface area contributed by atoms with Gasteiger partial charge in [0.25, 0.3) is 5.91 Å². The second-order valence-corrected chi connectivity index (χ2v) is 6.77. The summed E-state index contributed by atoms with van der Waals surface area (Å²) in [6, 6.07) is 7.20. The van der Waals surface area contributed by atoms with Crippen LogP contribution in [0.4, 0.5) is 5.69 Å². The molecule has 134 valence electrons. The smallest absolute Gasteiger partial charge is 0.340 e. The summed E-state index contributed by atoms with van der Waals surface area (Å²) in [6.45, 7) is 9.43. The van der Waals surface area contributed by atoms with Crippen molar-refractivity contribution in [1.82, 2.24) is 4.57 Å². The van der Waals surface area contributed by atoms with E-state index in [4.69, 9.17) is 16.3 Å². The zero-order valence-corrected chi connectivity index (χ0v) is 15.9. The summed E-state index contributed by atoms with van der Waals surface area (Å²) in [5.74, 6) is -0.889. The predicted octanol–water partition coefficient (Wildman–Crippen LogP) is 4.44. The SMILES string of the molecule is Cc1cc(Cl)ccc1NC(=O)COC(=O)c1cc(C)n(C(C)C)c1C. The van der Waals surface area contributed by atoms with Crippen molar-refractivity contribution in [2.24, 2.45) is 0 Å². The molecule has 0 unspecified atom stereocenters. The Morgan fingerprint density at radius 2 is 1.88 bits per heavy atom. The van der Waals surface area contributed by atoms with E-state index >= 15 is 0 Å². The summed E-state index contributed by atoms with van der Waals surface area (Å²) in [5, 5.41) is 3.31. The van der Waals surface area contributed by atoms with E-state index in [1.807, 2.05) is 20.8 Å². The van der Waals surface area contributed by atoms with Gasteiger partial charge in [-0.25, -0.2) is 4.79 Å². The van der Waals surface area contributed by atoms with Crippen molar-refractivity contribution in [2.45, 2.75) is 40.7 Å². The van der Waals surface area contributed by atoms with Gasteiger partial charge in [0.15, 0.2) is 6.61 Å². The molecule has 0 spiro atoms. The second-order valence-electron chi connectivity index (χ2n) is 6.33. The Balaban J connectivity index is 2.00. The van der Waals surface area contributed by atoms with E-state index in [9.17, 15) is 9.59 Å². The van der Waals surface area contributed by atoms with E-state index in [0.29, 0.717) is 16.3 Å². The number of halogens is 1. The zero-order valence-electron chi connectivity index (χ0n) is 15.1. The normalized spacial score (nSPS) is 10.8. The number of rotatable bonds is 5. The van der Waals surface area contributed by atoms with Crippen LogP contribution in [0.2, 0.25) is 5.02 Å². The number of benzene rings is 1. The van der Waals surface area contributed by atoms with Gasteiger partial charge in [0, 0.05) is 28.1 Å². The Hall–Kier alpha value is -2.27. The molecule has 5 nitrogen and oxygen atoms in total. The van der Waals surface area contributed by atoms with Crippen LogP contribution in [0, 0.1) is 20.8 Å². The molecule has 1 aromatic carbocycles. The Morgan fingerprint density at radius 1 is 1.20 bits per heavy atom. The minimum absolute atomic E-state index is 0.248. The molecule has 0 atom stereocenters. The highest BCUT2D eigenvalue weighted by molar-refractivity contribution is 6.30. The van der Waals surface area contributed by atoms with E-state index in [2.05, 4.69) is 23.7 Å². The highest BCUT2D eigenvalue weighted by Crippen LogP contribution is 2.21. The number of amides is 1. The van der Waals surface area contributed by atoms with Crippen LogP contribution in [0.5, 0.6) is 0 Å². The molecule has 1 amide bonds. The molecule has 0 saturated heterocycles. The number of hydrogen-bond acceptors (Lipinski definition) is 3. The minimum atomic E-state index is -0.497. The molecule has 0 fully saturated rings. The lowest BCUT2D eigenvalue weighted by molar-refractivity contribution is -0.119. The molecule has 1 aromatic heterocycles. The van der Waals surface area contributed by atoms with E-state index in [1.165, 1.54) is 0 Å². The van der Waals surface area contributed by atoms with Crippen LogP contribution in [-0.2, 0) is 9.53 Å². The van der Waals surface area contributed by atoms with Crippen LogP contribution in [0.25, 0.3) is 0 Å². The largest absolute Gasteiger partial charge is 0.452 e. The average molecular weight is 363 g/mol. The number of aryl methyl sites for hydroxylation is 2. The third-order valence-electron chi connectivity index (χ3n) is 4.02. The molecule has 1 heterocycles.